The van der Waals surface area contributed by atoms with E-state index in [1.54, 1.807) is 0 Å². The van der Waals surface area contributed by atoms with Crippen LogP contribution in [0, 0.1) is 23.5 Å². The molecule has 0 heterocycles. The number of hydrogen-bond acceptors (Lipinski definition) is 3. The van der Waals surface area contributed by atoms with Gasteiger partial charge in [-0.2, -0.15) is 0 Å². The van der Waals surface area contributed by atoms with Gasteiger partial charge in [0.1, 0.15) is 11.6 Å². The zero-order chi connectivity index (χ0) is 18.0. The molecular weight excluding hydrogens is 346 g/mol. The molecule has 0 saturated heterocycles. The Kier molecular flexibility index (Phi) is 5.20. The minimum Gasteiger partial charge on any atom is -0.396 e. The van der Waals surface area contributed by atoms with Gasteiger partial charge in [-0.1, -0.05) is 18.6 Å². The quantitative estimate of drug-likeness (QED) is 0.875. The highest BCUT2D eigenvalue weighted by atomic mass is 32.2. The van der Waals surface area contributed by atoms with Gasteiger partial charge in [0.15, 0.2) is 9.84 Å². The molecule has 134 valence electrons. The third kappa shape index (κ3) is 3.90. The minimum absolute atomic E-state index is 0.0164. The number of hydrogen-bond donors (Lipinski definition) is 1. The van der Waals surface area contributed by atoms with Crippen LogP contribution in [-0.4, -0.2) is 25.9 Å². The maximum absolute atomic E-state index is 13.8. The average Bonchev–Trinajstić information content (AvgIpc) is 3.01. The molecule has 3 nitrogen and oxygen atoms in total. The van der Waals surface area contributed by atoms with E-state index in [9.17, 15) is 22.3 Å². The Morgan fingerprint density at radius 2 is 1.68 bits per heavy atom. The highest BCUT2D eigenvalue weighted by Gasteiger charge is 2.31. The van der Waals surface area contributed by atoms with Crippen molar-refractivity contribution in [3.05, 3.63) is 54.1 Å². The molecular formula is C19H20F2O3S. The summed E-state index contributed by atoms with van der Waals surface area (Å²) in [5.41, 5.74) is 0.715. The normalized spacial score (nSPS) is 20.8. The largest absolute Gasteiger partial charge is 0.396 e. The predicted molar refractivity (Wildman–Crippen MR) is 91.8 cm³/mol. The molecule has 0 aromatic heterocycles. The first-order valence-corrected chi connectivity index (χ1v) is 9.95. The number of rotatable bonds is 5. The fourth-order valence-electron chi connectivity index (χ4n) is 3.52. The lowest BCUT2D eigenvalue weighted by Crippen LogP contribution is -2.22. The molecule has 6 heteroatoms. The van der Waals surface area contributed by atoms with Gasteiger partial charge in [0.05, 0.1) is 10.6 Å². The Morgan fingerprint density at radius 3 is 2.32 bits per heavy atom. The molecule has 1 unspecified atom stereocenters. The molecule has 2 atom stereocenters. The van der Waals surface area contributed by atoms with Gasteiger partial charge in [-0.15, -0.1) is 0 Å². The van der Waals surface area contributed by atoms with E-state index in [0.717, 1.165) is 31.4 Å². The van der Waals surface area contributed by atoms with Gasteiger partial charge in [-0.05, 0) is 54.5 Å². The van der Waals surface area contributed by atoms with Gasteiger partial charge >= 0.3 is 0 Å². The van der Waals surface area contributed by atoms with E-state index in [2.05, 4.69) is 0 Å². The van der Waals surface area contributed by atoms with Crippen LogP contribution in [-0.2, 0) is 9.84 Å². The smallest absolute Gasteiger partial charge is 0.178 e. The SMILES string of the molecule is O=S(=O)(CC1CCC[C@H]1CO)c1ccc(-c2ccc(F)cc2F)cc1. The summed E-state index contributed by atoms with van der Waals surface area (Å²) >= 11 is 0. The van der Waals surface area contributed by atoms with Crippen molar-refractivity contribution in [3.63, 3.8) is 0 Å². The Hall–Kier alpha value is -1.79. The van der Waals surface area contributed by atoms with Crippen molar-refractivity contribution in [3.8, 4) is 11.1 Å². The third-order valence-corrected chi connectivity index (χ3v) is 6.80. The first-order valence-electron chi connectivity index (χ1n) is 8.30. The van der Waals surface area contributed by atoms with Crippen LogP contribution >= 0.6 is 0 Å². The molecule has 1 saturated carbocycles. The average molecular weight is 366 g/mol. The van der Waals surface area contributed by atoms with Crippen LogP contribution in [0.4, 0.5) is 8.78 Å². The van der Waals surface area contributed by atoms with Crippen LogP contribution in [0.15, 0.2) is 47.4 Å². The molecule has 0 bridgehead atoms. The van der Waals surface area contributed by atoms with Crippen LogP contribution < -0.4 is 0 Å². The highest BCUT2D eigenvalue weighted by molar-refractivity contribution is 7.91. The van der Waals surface area contributed by atoms with E-state index in [-0.39, 0.29) is 34.7 Å². The summed E-state index contributed by atoms with van der Waals surface area (Å²) in [7, 11) is -3.47. The maximum atomic E-state index is 13.8. The topological polar surface area (TPSA) is 54.4 Å². The predicted octanol–water partition coefficient (Wildman–Crippen LogP) is 3.81. The van der Waals surface area contributed by atoms with Crippen LogP contribution in [0.25, 0.3) is 11.1 Å². The molecule has 1 aliphatic carbocycles. The molecule has 0 aliphatic heterocycles. The molecule has 2 aromatic rings. The number of halogens is 2. The standard InChI is InChI=1S/C19H20F2O3S/c20-16-6-9-18(19(21)10-16)13-4-7-17(8-5-13)25(23,24)12-15-3-1-2-14(15)11-22/h4-10,14-15,22H,1-3,11-12H2/t14-,15?/m0/s1. The summed E-state index contributed by atoms with van der Waals surface area (Å²) in [6.45, 7) is 0.0168. The Bertz CT molecular complexity index is 847. The van der Waals surface area contributed by atoms with E-state index in [0.29, 0.717) is 5.56 Å². The van der Waals surface area contributed by atoms with Crippen molar-refractivity contribution >= 4 is 9.84 Å². The second-order valence-corrected chi connectivity index (χ2v) is 8.60. The summed E-state index contributed by atoms with van der Waals surface area (Å²) in [6, 6.07) is 9.27. The minimum atomic E-state index is -3.47. The van der Waals surface area contributed by atoms with E-state index >= 15 is 0 Å². The Morgan fingerprint density at radius 1 is 1.00 bits per heavy atom. The second-order valence-electron chi connectivity index (χ2n) is 6.56. The maximum Gasteiger partial charge on any atom is 0.178 e. The van der Waals surface area contributed by atoms with Gasteiger partial charge in [0, 0.05) is 18.2 Å². The number of aliphatic hydroxyl groups excluding tert-OH is 1. The van der Waals surface area contributed by atoms with Crippen molar-refractivity contribution in [2.24, 2.45) is 11.8 Å². The van der Waals surface area contributed by atoms with Gasteiger partial charge < -0.3 is 5.11 Å². The Balaban J connectivity index is 1.81. The molecule has 1 N–H and O–H groups in total. The number of aliphatic hydroxyl groups is 1. The molecule has 25 heavy (non-hydrogen) atoms. The van der Waals surface area contributed by atoms with E-state index in [4.69, 9.17) is 0 Å². The molecule has 2 aromatic carbocycles. The van der Waals surface area contributed by atoms with E-state index < -0.39 is 21.5 Å². The zero-order valence-electron chi connectivity index (χ0n) is 13.7. The lowest BCUT2D eigenvalue weighted by atomic mass is 9.99. The monoisotopic (exact) mass is 366 g/mol. The van der Waals surface area contributed by atoms with Crippen molar-refractivity contribution in [1.82, 2.24) is 0 Å². The lowest BCUT2D eigenvalue weighted by Gasteiger charge is -2.17. The summed E-state index contributed by atoms with van der Waals surface area (Å²) in [4.78, 5) is 0.183. The van der Waals surface area contributed by atoms with E-state index in [1.807, 2.05) is 0 Å². The van der Waals surface area contributed by atoms with Crippen molar-refractivity contribution in [2.45, 2.75) is 24.2 Å². The van der Waals surface area contributed by atoms with Crippen LogP contribution in [0.1, 0.15) is 19.3 Å². The fourth-order valence-corrected chi connectivity index (χ4v) is 5.26. The van der Waals surface area contributed by atoms with Crippen molar-refractivity contribution < 1.29 is 22.3 Å². The van der Waals surface area contributed by atoms with Crippen molar-refractivity contribution in [2.75, 3.05) is 12.4 Å². The number of benzene rings is 2. The summed E-state index contributed by atoms with van der Waals surface area (Å²) in [6.07, 6.45) is 2.61. The molecule has 1 aliphatic rings. The van der Waals surface area contributed by atoms with Crippen LogP contribution in [0.2, 0.25) is 0 Å². The van der Waals surface area contributed by atoms with Gasteiger partial charge in [-0.3, -0.25) is 0 Å². The third-order valence-electron chi connectivity index (χ3n) is 4.94. The number of sulfone groups is 1. The van der Waals surface area contributed by atoms with E-state index in [1.165, 1.54) is 30.3 Å². The van der Waals surface area contributed by atoms with Gasteiger partial charge in [0.2, 0.25) is 0 Å². The first kappa shape index (κ1) is 18.0. The van der Waals surface area contributed by atoms with Gasteiger partial charge in [0.25, 0.3) is 0 Å². The summed E-state index contributed by atoms with van der Waals surface area (Å²) < 4.78 is 52.0. The summed E-state index contributed by atoms with van der Waals surface area (Å²) in [5.74, 6) is -1.31. The molecule has 0 amide bonds. The molecule has 0 radical (unpaired) electrons. The zero-order valence-corrected chi connectivity index (χ0v) is 14.5. The molecule has 1 fully saturated rings. The molecule has 0 spiro atoms. The fraction of sp³-hybridized carbons (Fsp3) is 0.368. The Labute approximate surface area is 146 Å². The highest BCUT2D eigenvalue weighted by Crippen LogP contribution is 2.34. The summed E-state index contributed by atoms with van der Waals surface area (Å²) in [5, 5.41) is 9.35. The van der Waals surface area contributed by atoms with Crippen molar-refractivity contribution in [1.29, 1.82) is 0 Å². The second kappa shape index (κ2) is 7.22. The van der Waals surface area contributed by atoms with Crippen LogP contribution in [0.3, 0.4) is 0 Å². The van der Waals surface area contributed by atoms with Crippen LogP contribution in [0.5, 0.6) is 0 Å². The first-order chi connectivity index (χ1) is 11.9. The lowest BCUT2D eigenvalue weighted by molar-refractivity contribution is 0.202. The molecule has 3 rings (SSSR count). The van der Waals surface area contributed by atoms with Gasteiger partial charge in [-0.25, -0.2) is 17.2 Å².